The Kier molecular flexibility index (Phi) is 5.11. The highest BCUT2D eigenvalue weighted by molar-refractivity contribution is 5.96. The van der Waals surface area contributed by atoms with Crippen LogP contribution in [0.2, 0.25) is 0 Å². The highest BCUT2D eigenvalue weighted by Gasteiger charge is 2.40. The van der Waals surface area contributed by atoms with E-state index in [0.717, 1.165) is 5.69 Å². The number of Topliss-reactive ketones (excluding diaryl/α,β-unsaturated/α-hetero) is 1. The van der Waals surface area contributed by atoms with E-state index in [1.807, 2.05) is 17.0 Å². The van der Waals surface area contributed by atoms with Gasteiger partial charge < -0.3 is 19.7 Å². The van der Waals surface area contributed by atoms with Crippen LogP contribution in [0.4, 0.5) is 11.4 Å². The van der Waals surface area contributed by atoms with E-state index in [1.165, 1.54) is 6.92 Å². The van der Waals surface area contributed by atoms with Gasteiger partial charge in [0.05, 0.1) is 30.7 Å². The molecule has 0 atom stereocenters. The fourth-order valence-corrected chi connectivity index (χ4v) is 3.63. The normalized spacial score (nSPS) is 18.2. The molecule has 0 radical (unpaired) electrons. The van der Waals surface area contributed by atoms with Gasteiger partial charge in [0.2, 0.25) is 0 Å². The predicted octanol–water partition coefficient (Wildman–Crippen LogP) is 3.01. The summed E-state index contributed by atoms with van der Waals surface area (Å²) in [6.07, 6.45) is 4.60. The molecule has 0 saturated carbocycles. The molecule has 1 aromatic carbocycles. The zero-order chi connectivity index (χ0) is 19.6. The van der Waals surface area contributed by atoms with Crippen LogP contribution in [0.25, 0.3) is 0 Å². The number of carbonyl (C=O) groups excluding carboxylic acids is 2. The maximum atomic E-state index is 12.9. The van der Waals surface area contributed by atoms with Crippen LogP contribution in [0, 0.1) is 0 Å². The quantitative estimate of drug-likeness (QED) is 0.820. The van der Waals surface area contributed by atoms with Crippen molar-refractivity contribution in [3.63, 3.8) is 0 Å². The van der Waals surface area contributed by atoms with Crippen molar-refractivity contribution in [2.24, 2.45) is 0 Å². The molecule has 146 valence electrons. The molecule has 3 heterocycles. The molecule has 2 aliphatic heterocycles. The number of aromatic nitrogens is 1. The number of likely N-dealkylation sites (tertiary alicyclic amines) is 1. The molecule has 4 rings (SSSR count). The number of carbonyl (C=O) groups is 2. The van der Waals surface area contributed by atoms with Gasteiger partial charge in [0.1, 0.15) is 0 Å². The second-order valence-corrected chi connectivity index (χ2v) is 7.12. The topological polar surface area (TPSA) is 80.8 Å². The molecule has 1 N–H and O–H groups in total. The number of hydrogen-bond acceptors (Lipinski definition) is 6. The van der Waals surface area contributed by atoms with Crippen molar-refractivity contribution < 1.29 is 19.1 Å². The van der Waals surface area contributed by atoms with Crippen molar-refractivity contribution in [1.82, 2.24) is 9.88 Å². The van der Waals surface area contributed by atoms with Crippen LogP contribution in [0.3, 0.4) is 0 Å². The smallest absolute Gasteiger partial charge is 0.255 e. The van der Waals surface area contributed by atoms with Gasteiger partial charge in [0.15, 0.2) is 11.6 Å². The van der Waals surface area contributed by atoms with Gasteiger partial charge in [-0.05, 0) is 25.1 Å². The first-order chi connectivity index (χ1) is 13.5. The lowest BCUT2D eigenvalue weighted by Gasteiger charge is -2.37. The van der Waals surface area contributed by atoms with Gasteiger partial charge in [-0.3, -0.25) is 14.6 Å². The van der Waals surface area contributed by atoms with Crippen LogP contribution in [0.1, 0.15) is 40.5 Å². The predicted molar refractivity (Wildman–Crippen MR) is 104 cm³/mol. The highest BCUT2D eigenvalue weighted by Crippen LogP contribution is 2.31. The standard InChI is InChI=1S/C21H23N3O4/c1-15(25)16-3-2-4-18(11-16)23-19-12-17(13-22-14-19)20(26)24-7-5-21(6-8-24)27-9-10-28-21/h2-4,11-14,23H,5-10H2,1H3. The summed E-state index contributed by atoms with van der Waals surface area (Å²) >= 11 is 0. The zero-order valence-corrected chi connectivity index (χ0v) is 15.8. The van der Waals surface area contributed by atoms with Crippen molar-refractivity contribution >= 4 is 23.1 Å². The van der Waals surface area contributed by atoms with Gasteiger partial charge in [0, 0.05) is 43.4 Å². The molecule has 2 aliphatic rings. The maximum Gasteiger partial charge on any atom is 0.255 e. The van der Waals surface area contributed by atoms with Crippen LogP contribution in [-0.4, -0.2) is 53.7 Å². The molecule has 0 bridgehead atoms. The Morgan fingerprint density at radius 3 is 2.46 bits per heavy atom. The minimum atomic E-state index is -0.500. The lowest BCUT2D eigenvalue weighted by molar-refractivity contribution is -0.181. The Morgan fingerprint density at radius 1 is 1.04 bits per heavy atom. The number of amides is 1. The molecule has 7 heteroatoms. The Labute approximate surface area is 163 Å². The summed E-state index contributed by atoms with van der Waals surface area (Å²) in [5.74, 6) is -0.551. The summed E-state index contributed by atoms with van der Waals surface area (Å²) < 4.78 is 11.4. The van der Waals surface area contributed by atoms with E-state index in [0.29, 0.717) is 56.0 Å². The Morgan fingerprint density at radius 2 is 1.75 bits per heavy atom. The number of piperidine rings is 1. The van der Waals surface area contributed by atoms with Gasteiger partial charge in [-0.15, -0.1) is 0 Å². The van der Waals surface area contributed by atoms with E-state index in [-0.39, 0.29) is 11.7 Å². The van der Waals surface area contributed by atoms with Crippen molar-refractivity contribution in [1.29, 1.82) is 0 Å². The number of anilines is 2. The van der Waals surface area contributed by atoms with Crippen molar-refractivity contribution in [2.75, 3.05) is 31.6 Å². The average molecular weight is 381 g/mol. The third-order valence-corrected chi connectivity index (χ3v) is 5.17. The first-order valence-corrected chi connectivity index (χ1v) is 9.45. The minimum absolute atomic E-state index is 0.00351. The highest BCUT2D eigenvalue weighted by atomic mass is 16.7. The largest absolute Gasteiger partial charge is 0.354 e. The number of ketones is 1. The second kappa shape index (κ2) is 7.69. The molecular formula is C21H23N3O4. The fraction of sp³-hybridized carbons (Fsp3) is 0.381. The van der Waals surface area contributed by atoms with Gasteiger partial charge in [0.25, 0.3) is 5.91 Å². The van der Waals surface area contributed by atoms with Crippen molar-refractivity contribution in [3.8, 4) is 0 Å². The van der Waals surface area contributed by atoms with Gasteiger partial charge in [-0.2, -0.15) is 0 Å². The van der Waals surface area contributed by atoms with E-state index in [9.17, 15) is 9.59 Å². The zero-order valence-electron chi connectivity index (χ0n) is 15.8. The molecule has 2 aromatic rings. The van der Waals surface area contributed by atoms with E-state index in [2.05, 4.69) is 10.3 Å². The van der Waals surface area contributed by atoms with E-state index in [1.54, 1.807) is 30.6 Å². The first kappa shape index (κ1) is 18.6. The van der Waals surface area contributed by atoms with Crippen LogP contribution in [0.15, 0.2) is 42.7 Å². The lowest BCUT2D eigenvalue weighted by Crippen LogP contribution is -2.47. The van der Waals surface area contributed by atoms with Gasteiger partial charge in [-0.1, -0.05) is 12.1 Å². The van der Waals surface area contributed by atoms with Crippen LogP contribution < -0.4 is 5.32 Å². The first-order valence-electron chi connectivity index (χ1n) is 9.45. The number of hydrogen-bond donors (Lipinski definition) is 1. The molecule has 1 spiro atoms. The second-order valence-electron chi connectivity index (χ2n) is 7.12. The molecule has 1 aromatic heterocycles. The van der Waals surface area contributed by atoms with E-state index in [4.69, 9.17) is 9.47 Å². The Hall–Kier alpha value is -2.77. The van der Waals surface area contributed by atoms with Gasteiger partial charge in [-0.25, -0.2) is 0 Å². The number of nitrogens with one attached hydrogen (secondary N) is 1. The summed E-state index contributed by atoms with van der Waals surface area (Å²) in [5.41, 5.74) is 2.62. The molecular weight excluding hydrogens is 358 g/mol. The molecule has 2 fully saturated rings. The summed E-state index contributed by atoms with van der Waals surface area (Å²) in [4.78, 5) is 30.4. The third-order valence-electron chi connectivity index (χ3n) is 5.17. The third kappa shape index (κ3) is 3.90. The summed E-state index contributed by atoms with van der Waals surface area (Å²) in [7, 11) is 0. The number of rotatable bonds is 4. The summed E-state index contributed by atoms with van der Waals surface area (Å²) in [6.45, 7) is 3.96. The number of pyridine rings is 1. The average Bonchev–Trinajstić information content (AvgIpc) is 3.16. The molecule has 2 saturated heterocycles. The van der Waals surface area contributed by atoms with Gasteiger partial charge >= 0.3 is 0 Å². The fourth-order valence-electron chi connectivity index (χ4n) is 3.63. The number of nitrogens with zero attached hydrogens (tertiary/aromatic N) is 2. The number of benzene rings is 1. The molecule has 28 heavy (non-hydrogen) atoms. The number of ether oxygens (including phenoxy) is 2. The van der Waals surface area contributed by atoms with E-state index >= 15 is 0 Å². The SMILES string of the molecule is CC(=O)c1cccc(Nc2cncc(C(=O)N3CCC4(CC3)OCCO4)c2)c1. The van der Waals surface area contributed by atoms with Crippen LogP contribution >= 0.6 is 0 Å². The molecule has 0 aliphatic carbocycles. The lowest BCUT2D eigenvalue weighted by atomic mass is 10.0. The summed E-state index contributed by atoms with van der Waals surface area (Å²) in [5, 5.41) is 3.21. The Bertz CT molecular complexity index is 883. The van der Waals surface area contributed by atoms with E-state index < -0.39 is 5.79 Å². The summed E-state index contributed by atoms with van der Waals surface area (Å²) in [6, 6.07) is 9.02. The van der Waals surface area contributed by atoms with Crippen molar-refractivity contribution in [3.05, 3.63) is 53.9 Å². The maximum absolute atomic E-state index is 12.9. The molecule has 1 amide bonds. The molecule has 0 unspecified atom stereocenters. The minimum Gasteiger partial charge on any atom is -0.354 e. The monoisotopic (exact) mass is 381 g/mol. The molecule has 7 nitrogen and oxygen atoms in total. The van der Waals surface area contributed by atoms with Crippen molar-refractivity contribution in [2.45, 2.75) is 25.6 Å². The van der Waals surface area contributed by atoms with Crippen LogP contribution in [-0.2, 0) is 9.47 Å². The Balaban J connectivity index is 1.44. The van der Waals surface area contributed by atoms with Crippen LogP contribution in [0.5, 0.6) is 0 Å².